The average Bonchev–Trinajstić information content (AvgIpc) is 2.60. The highest BCUT2D eigenvalue weighted by Gasteiger charge is 2.25. The SMILES string of the molecule is CCOc1cccc(OCCCC(C)(C#N)c2ccccc2)c1. The Morgan fingerprint density at radius 1 is 1.00 bits per heavy atom. The normalized spacial score (nSPS) is 12.9. The van der Waals surface area contributed by atoms with Crippen LogP contribution in [0.15, 0.2) is 54.6 Å². The van der Waals surface area contributed by atoms with Crippen LogP contribution in [0.5, 0.6) is 11.5 Å². The summed E-state index contributed by atoms with van der Waals surface area (Å²) in [6.07, 6.45) is 1.58. The van der Waals surface area contributed by atoms with E-state index >= 15 is 0 Å². The molecule has 0 aliphatic carbocycles. The largest absolute Gasteiger partial charge is 0.494 e. The van der Waals surface area contributed by atoms with Crippen molar-refractivity contribution in [2.45, 2.75) is 32.1 Å². The summed E-state index contributed by atoms with van der Waals surface area (Å²) >= 11 is 0. The van der Waals surface area contributed by atoms with Crippen molar-refractivity contribution in [3.05, 3.63) is 60.2 Å². The third-order valence-corrected chi connectivity index (χ3v) is 3.86. The first-order valence-corrected chi connectivity index (χ1v) is 8.00. The monoisotopic (exact) mass is 309 g/mol. The predicted molar refractivity (Wildman–Crippen MR) is 91.7 cm³/mol. The Balaban J connectivity index is 1.87. The van der Waals surface area contributed by atoms with Gasteiger partial charge in [-0.05, 0) is 44.4 Å². The Labute approximate surface area is 138 Å². The molecule has 0 bridgehead atoms. The molecule has 120 valence electrons. The van der Waals surface area contributed by atoms with Crippen LogP contribution in [-0.4, -0.2) is 13.2 Å². The molecular formula is C20H23NO2. The van der Waals surface area contributed by atoms with E-state index in [0.717, 1.165) is 29.9 Å². The van der Waals surface area contributed by atoms with Crippen LogP contribution in [0.2, 0.25) is 0 Å². The highest BCUT2D eigenvalue weighted by molar-refractivity contribution is 5.33. The molecule has 0 spiro atoms. The minimum absolute atomic E-state index is 0.474. The second kappa shape index (κ2) is 8.24. The Morgan fingerprint density at radius 3 is 2.35 bits per heavy atom. The number of nitrogens with zero attached hydrogens (tertiary/aromatic N) is 1. The van der Waals surface area contributed by atoms with Crippen LogP contribution in [0.1, 0.15) is 32.3 Å². The number of nitriles is 1. The number of hydrogen-bond acceptors (Lipinski definition) is 3. The van der Waals surface area contributed by atoms with Crippen LogP contribution >= 0.6 is 0 Å². The molecule has 1 atom stereocenters. The lowest BCUT2D eigenvalue weighted by atomic mass is 9.80. The Hall–Kier alpha value is -2.47. The number of hydrogen-bond donors (Lipinski definition) is 0. The van der Waals surface area contributed by atoms with Gasteiger partial charge in [-0.1, -0.05) is 36.4 Å². The number of rotatable bonds is 8. The summed E-state index contributed by atoms with van der Waals surface area (Å²) in [5, 5.41) is 9.54. The van der Waals surface area contributed by atoms with Gasteiger partial charge in [-0.3, -0.25) is 0 Å². The molecule has 3 heteroatoms. The molecule has 0 heterocycles. The molecule has 3 nitrogen and oxygen atoms in total. The Kier molecular flexibility index (Phi) is 6.05. The zero-order valence-electron chi connectivity index (χ0n) is 13.8. The highest BCUT2D eigenvalue weighted by Crippen LogP contribution is 2.28. The lowest BCUT2D eigenvalue weighted by molar-refractivity contribution is 0.291. The van der Waals surface area contributed by atoms with Gasteiger partial charge in [0, 0.05) is 6.07 Å². The fourth-order valence-corrected chi connectivity index (χ4v) is 2.51. The molecular weight excluding hydrogens is 286 g/mol. The van der Waals surface area contributed by atoms with E-state index in [-0.39, 0.29) is 0 Å². The van der Waals surface area contributed by atoms with Crippen LogP contribution in [0.25, 0.3) is 0 Å². The molecule has 2 aromatic carbocycles. The van der Waals surface area contributed by atoms with Crippen LogP contribution in [0.3, 0.4) is 0 Å². The van der Waals surface area contributed by atoms with Crippen molar-refractivity contribution < 1.29 is 9.47 Å². The summed E-state index contributed by atoms with van der Waals surface area (Å²) in [6.45, 7) is 5.17. The zero-order chi connectivity index (χ0) is 16.5. The maximum Gasteiger partial charge on any atom is 0.122 e. The molecule has 0 amide bonds. The third-order valence-electron chi connectivity index (χ3n) is 3.86. The van der Waals surface area contributed by atoms with Crippen molar-refractivity contribution in [2.75, 3.05) is 13.2 Å². The highest BCUT2D eigenvalue weighted by atomic mass is 16.5. The summed E-state index contributed by atoms with van der Waals surface area (Å²) in [5.41, 5.74) is 0.582. The van der Waals surface area contributed by atoms with Crippen molar-refractivity contribution in [1.82, 2.24) is 0 Å². The molecule has 0 N–H and O–H groups in total. The maximum atomic E-state index is 9.54. The third kappa shape index (κ3) is 4.75. The lowest BCUT2D eigenvalue weighted by Gasteiger charge is -2.22. The molecule has 2 aromatic rings. The van der Waals surface area contributed by atoms with E-state index < -0.39 is 5.41 Å². The second-order valence-electron chi connectivity index (χ2n) is 5.67. The first-order chi connectivity index (χ1) is 11.2. The van der Waals surface area contributed by atoms with Crippen molar-refractivity contribution in [1.29, 1.82) is 5.26 Å². The zero-order valence-corrected chi connectivity index (χ0v) is 13.8. The Morgan fingerprint density at radius 2 is 1.70 bits per heavy atom. The van der Waals surface area contributed by atoms with Crippen LogP contribution in [0, 0.1) is 11.3 Å². The summed E-state index contributed by atoms with van der Waals surface area (Å²) in [7, 11) is 0. The number of benzene rings is 2. The van der Waals surface area contributed by atoms with E-state index in [1.165, 1.54) is 0 Å². The minimum atomic E-state index is -0.474. The van der Waals surface area contributed by atoms with E-state index in [1.807, 2.05) is 68.4 Å². The van der Waals surface area contributed by atoms with Crippen molar-refractivity contribution in [3.8, 4) is 17.6 Å². The topological polar surface area (TPSA) is 42.2 Å². The molecule has 0 aromatic heterocycles. The average molecular weight is 309 g/mol. The first-order valence-electron chi connectivity index (χ1n) is 8.00. The minimum Gasteiger partial charge on any atom is -0.494 e. The van der Waals surface area contributed by atoms with Gasteiger partial charge in [-0.15, -0.1) is 0 Å². The van der Waals surface area contributed by atoms with Crippen LogP contribution < -0.4 is 9.47 Å². The molecule has 1 unspecified atom stereocenters. The van der Waals surface area contributed by atoms with Gasteiger partial charge in [0.2, 0.25) is 0 Å². The summed E-state index contributed by atoms with van der Waals surface area (Å²) in [6, 6.07) is 20.0. The van der Waals surface area contributed by atoms with Crippen molar-refractivity contribution in [3.63, 3.8) is 0 Å². The maximum absolute atomic E-state index is 9.54. The first kappa shape index (κ1) is 16.9. The molecule has 2 rings (SSSR count). The smallest absolute Gasteiger partial charge is 0.122 e. The molecule has 0 aliphatic rings. The summed E-state index contributed by atoms with van der Waals surface area (Å²) in [4.78, 5) is 0. The molecule has 0 radical (unpaired) electrons. The van der Waals surface area contributed by atoms with Gasteiger partial charge < -0.3 is 9.47 Å². The van der Waals surface area contributed by atoms with Gasteiger partial charge in [-0.2, -0.15) is 5.26 Å². The molecule has 0 saturated carbocycles. The van der Waals surface area contributed by atoms with E-state index in [2.05, 4.69) is 6.07 Å². The van der Waals surface area contributed by atoms with Gasteiger partial charge in [0.05, 0.1) is 24.7 Å². The quantitative estimate of drug-likeness (QED) is 0.662. The van der Waals surface area contributed by atoms with Crippen molar-refractivity contribution in [2.24, 2.45) is 0 Å². The van der Waals surface area contributed by atoms with Crippen molar-refractivity contribution >= 4 is 0 Å². The van der Waals surface area contributed by atoms with Gasteiger partial charge in [-0.25, -0.2) is 0 Å². The predicted octanol–water partition coefficient (Wildman–Crippen LogP) is 4.73. The lowest BCUT2D eigenvalue weighted by Crippen LogP contribution is -2.20. The van der Waals surface area contributed by atoms with E-state index in [4.69, 9.17) is 9.47 Å². The van der Waals surface area contributed by atoms with Gasteiger partial charge in [0.1, 0.15) is 11.5 Å². The fourth-order valence-electron chi connectivity index (χ4n) is 2.51. The number of ether oxygens (including phenoxy) is 2. The van der Waals surface area contributed by atoms with Gasteiger partial charge in [0.15, 0.2) is 0 Å². The molecule has 0 fully saturated rings. The summed E-state index contributed by atoms with van der Waals surface area (Å²) in [5.74, 6) is 1.62. The van der Waals surface area contributed by atoms with Crippen LogP contribution in [0.4, 0.5) is 0 Å². The molecule has 0 aliphatic heterocycles. The van der Waals surface area contributed by atoms with Gasteiger partial charge in [0.25, 0.3) is 0 Å². The van der Waals surface area contributed by atoms with Crippen LogP contribution in [-0.2, 0) is 5.41 Å². The standard InChI is InChI=1S/C20H23NO2/c1-3-22-18-11-7-12-19(15-18)23-14-8-13-20(2,16-21)17-9-5-4-6-10-17/h4-7,9-12,15H,3,8,13-14H2,1-2H3. The Bertz CT molecular complexity index is 648. The van der Waals surface area contributed by atoms with E-state index in [1.54, 1.807) is 0 Å². The van der Waals surface area contributed by atoms with E-state index in [9.17, 15) is 5.26 Å². The second-order valence-corrected chi connectivity index (χ2v) is 5.67. The van der Waals surface area contributed by atoms with E-state index in [0.29, 0.717) is 13.2 Å². The fraction of sp³-hybridized carbons (Fsp3) is 0.350. The molecule has 0 saturated heterocycles. The van der Waals surface area contributed by atoms with Gasteiger partial charge >= 0.3 is 0 Å². The summed E-state index contributed by atoms with van der Waals surface area (Å²) < 4.78 is 11.2. The molecule has 23 heavy (non-hydrogen) atoms.